The standard InChI is InChI=1S/C8H17NO3S/c1-2-3-4-6(10)7(11)5(9)8(13)12-4/h4-8,10-11,13H,2-3,9H2,1H3/t4?,5?,6-,7?,8-/m0/s1. The molecule has 0 aromatic rings. The van der Waals surface area contributed by atoms with E-state index in [0.717, 1.165) is 6.42 Å². The van der Waals surface area contributed by atoms with Crippen LogP contribution in [0.15, 0.2) is 0 Å². The minimum Gasteiger partial charge on any atom is -0.389 e. The van der Waals surface area contributed by atoms with Crippen LogP contribution in [0.4, 0.5) is 0 Å². The molecule has 3 unspecified atom stereocenters. The molecule has 0 saturated carbocycles. The highest BCUT2D eigenvalue weighted by Crippen LogP contribution is 2.24. The van der Waals surface area contributed by atoms with Crippen LogP contribution in [0.3, 0.4) is 0 Å². The highest BCUT2D eigenvalue weighted by Gasteiger charge is 2.40. The van der Waals surface area contributed by atoms with Crippen molar-refractivity contribution in [2.45, 2.75) is 49.6 Å². The molecule has 0 aliphatic carbocycles. The maximum atomic E-state index is 9.57. The Morgan fingerprint density at radius 3 is 2.54 bits per heavy atom. The second-order valence-corrected chi connectivity index (χ2v) is 3.92. The van der Waals surface area contributed by atoms with Gasteiger partial charge in [0.15, 0.2) is 0 Å². The predicted molar refractivity (Wildman–Crippen MR) is 52.5 cm³/mol. The Bertz CT molecular complexity index is 169. The van der Waals surface area contributed by atoms with Gasteiger partial charge in [-0.3, -0.25) is 0 Å². The molecular weight excluding hydrogens is 190 g/mol. The molecule has 4 nitrogen and oxygen atoms in total. The van der Waals surface area contributed by atoms with Crippen LogP contribution >= 0.6 is 12.6 Å². The van der Waals surface area contributed by atoms with E-state index in [9.17, 15) is 10.2 Å². The molecule has 0 spiro atoms. The largest absolute Gasteiger partial charge is 0.389 e. The van der Waals surface area contributed by atoms with E-state index in [0.29, 0.717) is 6.42 Å². The van der Waals surface area contributed by atoms with E-state index in [1.807, 2.05) is 6.92 Å². The molecular formula is C8H17NO3S. The third-order valence-electron chi connectivity index (χ3n) is 2.34. The molecule has 0 aromatic carbocycles. The quantitative estimate of drug-likeness (QED) is 0.460. The Kier molecular flexibility index (Phi) is 4.00. The first-order chi connectivity index (χ1) is 6.07. The van der Waals surface area contributed by atoms with E-state index in [4.69, 9.17) is 10.5 Å². The molecule has 1 heterocycles. The van der Waals surface area contributed by atoms with Gasteiger partial charge in [-0.25, -0.2) is 0 Å². The van der Waals surface area contributed by atoms with Crippen molar-refractivity contribution >= 4 is 12.6 Å². The Hall–Kier alpha value is 0.190. The van der Waals surface area contributed by atoms with Crippen LogP contribution in [0.1, 0.15) is 19.8 Å². The summed E-state index contributed by atoms with van der Waals surface area (Å²) >= 11 is 4.09. The number of nitrogens with two attached hydrogens (primary N) is 1. The van der Waals surface area contributed by atoms with Gasteiger partial charge in [-0.1, -0.05) is 13.3 Å². The van der Waals surface area contributed by atoms with E-state index in [1.165, 1.54) is 0 Å². The minimum atomic E-state index is -0.937. The molecule has 0 bridgehead atoms. The lowest BCUT2D eigenvalue weighted by Gasteiger charge is -2.39. The predicted octanol–water partition coefficient (Wildman–Crippen LogP) is -0.510. The van der Waals surface area contributed by atoms with Gasteiger partial charge >= 0.3 is 0 Å². The van der Waals surface area contributed by atoms with Gasteiger partial charge < -0.3 is 20.7 Å². The first-order valence-corrected chi connectivity index (χ1v) is 5.04. The Morgan fingerprint density at radius 2 is 2.00 bits per heavy atom. The fourth-order valence-electron chi connectivity index (χ4n) is 1.49. The monoisotopic (exact) mass is 207 g/mol. The Morgan fingerprint density at radius 1 is 1.38 bits per heavy atom. The van der Waals surface area contributed by atoms with Gasteiger partial charge in [0.05, 0.1) is 12.1 Å². The number of aliphatic hydroxyl groups is 2. The molecule has 1 aliphatic rings. The van der Waals surface area contributed by atoms with Gasteiger partial charge in [0.1, 0.15) is 17.6 Å². The van der Waals surface area contributed by atoms with Crippen LogP contribution in [-0.2, 0) is 4.74 Å². The summed E-state index contributed by atoms with van der Waals surface area (Å²) in [6.45, 7) is 1.99. The molecule has 78 valence electrons. The summed E-state index contributed by atoms with van der Waals surface area (Å²) in [6.07, 6.45) is -0.569. The summed E-state index contributed by atoms with van der Waals surface area (Å²) in [6, 6.07) is -0.619. The fourth-order valence-corrected chi connectivity index (χ4v) is 1.82. The molecule has 0 aromatic heterocycles. The number of rotatable bonds is 2. The Balaban J connectivity index is 2.59. The third kappa shape index (κ3) is 2.35. The van der Waals surface area contributed by atoms with Gasteiger partial charge in [0.25, 0.3) is 0 Å². The summed E-state index contributed by atoms with van der Waals surface area (Å²) < 4.78 is 5.35. The first kappa shape index (κ1) is 11.3. The zero-order valence-corrected chi connectivity index (χ0v) is 8.52. The number of hydrogen-bond acceptors (Lipinski definition) is 5. The molecule has 1 fully saturated rings. The fraction of sp³-hybridized carbons (Fsp3) is 1.00. The van der Waals surface area contributed by atoms with E-state index in [-0.39, 0.29) is 6.10 Å². The Labute approximate surface area is 83.5 Å². The summed E-state index contributed by atoms with van der Waals surface area (Å²) in [5.74, 6) is 0. The first-order valence-electron chi connectivity index (χ1n) is 4.53. The van der Waals surface area contributed by atoms with Gasteiger partial charge in [-0.05, 0) is 6.42 Å². The maximum absolute atomic E-state index is 9.57. The van der Waals surface area contributed by atoms with E-state index >= 15 is 0 Å². The van der Waals surface area contributed by atoms with Crippen molar-refractivity contribution in [1.82, 2.24) is 0 Å². The average Bonchev–Trinajstić information content (AvgIpc) is 2.11. The van der Waals surface area contributed by atoms with Crippen molar-refractivity contribution in [3.05, 3.63) is 0 Å². The van der Waals surface area contributed by atoms with Gasteiger partial charge in [-0.2, -0.15) is 0 Å². The lowest BCUT2D eigenvalue weighted by atomic mass is 9.96. The number of thiol groups is 1. The van der Waals surface area contributed by atoms with Crippen LogP contribution in [0.2, 0.25) is 0 Å². The van der Waals surface area contributed by atoms with Gasteiger partial charge in [0.2, 0.25) is 0 Å². The number of ether oxygens (including phenoxy) is 1. The molecule has 13 heavy (non-hydrogen) atoms. The highest BCUT2D eigenvalue weighted by molar-refractivity contribution is 7.80. The SMILES string of the molecule is CCCC1O[C@@H](S)C(N)C(O)[C@H]1O. The van der Waals surface area contributed by atoms with Crippen molar-refractivity contribution in [2.75, 3.05) is 0 Å². The topological polar surface area (TPSA) is 75.7 Å². The van der Waals surface area contributed by atoms with Gasteiger partial charge in [-0.15, -0.1) is 12.6 Å². The van der Waals surface area contributed by atoms with Crippen LogP contribution in [0.25, 0.3) is 0 Å². The number of hydrogen-bond donors (Lipinski definition) is 4. The van der Waals surface area contributed by atoms with Gasteiger partial charge in [0, 0.05) is 0 Å². The highest BCUT2D eigenvalue weighted by atomic mass is 32.1. The summed E-state index contributed by atoms with van der Waals surface area (Å²) in [4.78, 5) is 0. The molecule has 4 N–H and O–H groups in total. The van der Waals surface area contributed by atoms with Crippen LogP contribution in [-0.4, -0.2) is 40.0 Å². The third-order valence-corrected chi connectivity index (χ3v) is 2.81. The van der Waals surface area contributed by atoms with Crippen molar-refractivity contribution in [3.63, 3.8) is 0 Å². The van der Waals surface area contributed by atoms with Crippen LogP contribution < -0.4 is 5.73 Å². The summed E-state index contributed by atoms with van der Waals surface area (Å²) in [7, 11) is 0. The van der Waals surface area contributed by atoms with Crippen LogP contribution in [0, 0.1) is 0 Å². The minimum absolute atomic E-state index is 0.345. The van der Waals surface area contributed by atoms with Crippen molar-refractivity contribution in [3.8, 4) is 0 Å². The lowest BCUT2D eigenvalue weighted by molar-refractivity contribution is -0.155. The lowest BCUT2D eigenvalue weighted by Crippen LogP contribution is -2.59. The van der Waals surface area contributed by atoms with Crippen molar-refractivity contribution in [2.24, 2.45) is 5.73 Å². The normalized spacial score (nSPS) is 46.4. The summed E-state index contributed by atoms with van der Waals surface area (Å²) in [5.41, 5.74) is 5.07. The molecule has 0 amide bonds. The van der Waals surface area contributed by atoms with Crippen molar-refractivity contribution in [1.29, 1.82) is 0 Å². The second-order valence-electron chi connectivity index (χ2n) is 3.41. The van der Waals surface area contributed by atoms with E-state index in [2.05, 4.69) is 12.6 Å². The average molecular weight is 207 g/mol. The smallest absolute Gasteiger partial charge is 0.118 e. The molecule has 5 atom stereocenters. The molecule has 5 heteroatoms. The summed E-state index contributed by atoms with van der Waals surface area (Å²) in [5, 5.41) is 19.1. The van der Waals surface area contributed by atoms with E-state index in [1.54, 1.807) is 0 Å². The number of aliphatic hydroxyl groups excluding tert-OH is 2. The molecule has 1 rings (SSSR count). The molecule has 0 radical (unpaired) electrons. The van der Waals surface area contributed by atoms with E-state index < -0.39 is 23.7 Å². The second kappa shape index (κ2) is 4.61. The van der Waals surface area contributed by atoms with Crippen molar-refractivity contribution < 1.29 is 14.9 Å². The van der Waals surface area contributed by atoms with Crippen LogP contribution in [0.5, 0.6) is 0 Å². The maximum Gasteiger partial charge on any atom is 0.118 e. The zero-order valence-electron chi connectivity index (χ0n) is 7.63. The zero-order chi connectivity index (χ0) is 10.0. The molecule has 1 saturated heterocycles. The molecule has 1 aliphatic heterocycles.